The van der Waals surface area contributed by atoms with Crippen LogP contribution >= 0.6 is 11.3 Å². The van der Waals surface area contributed by atoms with E-state index in [0.29, 0.717) is 10.6 Å². The van der Waals surface area contributed by atoms with Gasteiger partial charge in [0.1, 0.15) is 9.88 Å². The average Bonchev–Trinajstić information content (AvgIpc) is 3.05. The summed E-state index contributed by atoms with van der Waals surface area (Å²) in [6.07, 6.45) is 3.64. The fraction of sp³-hybridized carbons (Fsp3) is 0.0952. The Morgan fingerprint density at radius 1 is 1.08 bits per heavy atom. The number of aromatic nitrogens is 1. The van der Waals surface area contributed by atoms with Crippen LogP contribution in [-0.4, -0.2) is 17.1 Å². The fourth-order valence-electron chi connectivity index (χ4n) is 2.40. The lowest BCUT2D eigenvalue weighted by Gasteiger charge is -1.98. The van der Waals surface area contributed by atoms with Gasteiger partial charge in [-0.3, -0.25) is 4.79 Å². The number of benzene rings is 2. The number of thiazole rings is 1. The van der Waals surface area contributed by atoms with E-state index in [1.165, 1.54) is 11.3 Å². The molecule has 3 aromatic rings. The van der Waals surface area contributed by atoms with E-state index in [1.54, 1.807) is 6.21 Å². The van der Waals surface area contributed by atoms with Crippen LogP contribution in [0.1, 0.15) is 27.9 Å². The molecule has 4 nitrogen and oxygen atoms in total. The number of allylic oxidation sites excluding steroid dienone is 1. The van der Waals surface area contributed by atoms with E-state index in [0.717, 1.165) is 21.7 Å². The van der Waals surface area contributed by atoms with Gasteiger partial charge in [0, 0.05) is 5.56 Å². The third-order valence-electron chi connectivity index (χ3n) is 3.65. The van der Waals surface area contributed by atoms with Gasteiger partial charge in [-0.15, -0.1) is 11.3 Å². The molecule has 0 bridgehead atoms. The lowest BCUT2D eigenvalue weighted by Crippen LogP contribution is -2.17. The van der Waals surface area contributed by atoms with Crippen molar-refractivity contribution in [3.05, 3.63) is 82.4 Å². The molecule has 130 valence electrons. The molecule has 1 N–H and O–H groups in total. The molecule has 2 aromatic carbocycles. The van der Waals surface area contributed by atoms with Crippen LogP contribution < -0.4 is 5.43 Å². The minimum atomic E-state index is -0.244. The van der Waals surface area contributed by atoms with Gasteiger partial charge in [0.05, 0.1) is 11.9 Å². The Morgan fingerprint density at radius 3 is 2.42 bits per heavy atom. The first-order valence-corrected chi connectivity index (χ1v) is 9.05. The highest BCUT2D eigenvalue weighted by Crippen LogP contribution is 2.27. The Kier molecular flexibility index (Phi) is 5.71. The molecule has 1 heterocycles. The molecule has 3 rings (SSSR count). The first-order valence-electron chi connectivity index (χ1n) is 8.23. The van der Waals surface area contributed by atoms with E-state index < -0.39 is 0 Å². The van der Waals surface area contributed by atoms with E-state index in [-0.39, 0.29) is 5.91 Å². The van der Waals surface area contributed by atoms with E-state index in [4.69, 9.17) is 0 Å². The Morgan fingerprint density at radius 2 is 1.73 bits per heavy atom. The Hall–Kier alpha value is -3.05. The molecule has 0 spiro atoms. The lowest BCUT2D eigenvalue weighted by atomic mass is 10.1. The molecule has 26 heavy (non-hydrogen) atoms. The number of amides is 1. The van der Waals surface area contributed by atoms with Crippen LogP contribution in [0.25, 0.3) is 16.6 Å². The molecule has 0 fully saturated rings. The van der Waals surface area contributed by atoms with Crippen molar-refractivity contribution in [3.63, 3.8) is 0 Å². The van der Waals surface area contributed by atoms with Crippen LogP contribution in [-0.2, 0) is 0 Å². The van der Waals surface area contributed by atoms with E-state index in [2.05, 4.69) is 15.5 Å². The van der Waals surface area contributed by atoms with Crippen LogP contribution in [0.4, 0.5) is 0 Å². The van der Waals surface area contributed by atoms with Gasteiger partial charge in [-0.25, -0.2) is 10.4 Å². The largest absolute Gasteiger partial charge is 0.283 e. The molecule has 0 saturated carbocycles. The summed E-state index contributed by atoms with van der Waals surface area (Å²) in [5.74, 6) is -0.244. The third kappa shape index (κ3) is 4.52. The standard InChI is InChI=1S/C21H19N3OS/c1-15(13-17-9-5-3-6-10-17)14-22-24-20(25)19-16(2)23-21(26-19)18-11-7-4-8-12-18/h3-14H,1-2H3,(H,24,25)/b15-13+,22-14?. The molecule has 1 amide bonds. The van der Waals surface area contributed by atoms with Crippen molar-refractivity contribution in [1.82, 2.24) is 10.4 Å². The van der Waals surface area contributed by atoms with E-state index >= 15 is 0 Å². The predicted molar refractivity (Wildman–Crippen MR) is 108 cm³/mol. The molecule has 0 atom stereocenters. The Labute approximate surface area is 156 Å². The van der Waals surface area contributed by atoms with Gasteiger partial charge < -0.3 is 0 Å². The first-order chi connectivity index (χ1) is 12.6. The highest BCUT2D eigenvalue weighted by atomic mass is 32.1. The maximum Gasteiger partial charge on any atom is 0.283 e. The fourth-order valence-corrected chi connectivity index (χ4v) is 3.37. The second kappa shape index (κ2) is 8.36. The number of nitrogens with one attached hydrogen (secondary N) is 1. The maximum atomic E-state index is 12.4. The number of carbonyl (C=O) groups excluding carboxylic acids is 1. The summed E-state index contributed by atoms with van der Waals surface area (Å²) in [5, 5.41) is 4.88. The maximum absolute atomic E-state index is 12.4. The van der Waals surface area contributed by atoms with Crippen molar-refractivity contribution in [3.8, 4) is 10.6 Å². The zero-order valence-electron chi connectivity index (χ0n) is 14.6. The Bertz CT molecular complexity index is 944. The van der Waals surface area contributed by atoms with Crippen LogP contribution in [0, 0.1) is 6.92 Å². The third-order valence-corrected chi connectivity index (χ3v) is 4.86. The summed E-state index contributed by atoms with van der Waals surface area (Å²) in [6.45, 7) is 3.77. The van der Waals surface area contributed by atoms with Crippen LogP contribution in [0.15, 0.2) is 71.3 Å². The minimum Gasteiger partial charge on any atom is -0.266 e. The number of hydrogen-bond acceptors (Lipinski definition) is 4. The molecule has 0 saturated heterocycles. The highest BCUT2D eigenvalue weighted by Gasteiger charge is 2.15. The summed E-state index contributed by atoms with van der Waals surface area (Å²) in [6, 6.07) is 19.8. The van der Waals surface area contributed by atoms with Gasteiger partial charge >= 0.3 is 0 Å². The molecule has 1 aromatic heterocycles. The number of hydrogen-bond donors (Lipinski definition) is 1. The molecular formula is C21H19N3OS. The highest BCUT2D eigenvalue weighted by molar-refractivity contribution is 7.17. The van der Waals surface area contributed by atoms with Gasteiger partial charge in [0.2, 0.25) is 0 Å². The zero-order chi connectivity index (χ0) is 18.4. The van der Waals surface area contributed by atoms with Crippen molar-refractivity contribution in [1.29, 1.82) is 0 Å². The average molecular weight is 361 g/mol. The normalized spacial score (nSPS) is 11.7. The molecule has 0 aliphatic carbocycles. The van der Waals surface area contributed by atoms with Gasteiger partial charge in [-0.1, -0.05) is 66.7 Å². The van der Waals surface area contributed by atoms with Crippen LogP contribution in [0.2, 0.25) is 0 Å². The number of carbonyl (C=O) groups is 1. The summed E-state index contributed by atoms with van der Waals surface area (Å²) in [7, 11) is 0. The molecular weight excluding hydrogens is 342 g/mol. The van der Waals surface area contributed by atoms with Gasteiger partial charge in [-0.05, 0) is 25.0 Å². The minimum absolute atomic E-state index is 0.244. The van der Waals surface area contributed by atoms with Crippen molar-refractivity contribution < 1.29 is 4.79 Å². The lowest BCUT2D eigenvalue weighted by molar-refractivity contribution is 0.0958. The van der Waals surface area contributed by atoms with Crippen molar-refractivity contribution in [2.24, 2.45) is 5.10 Å². The van der Waals surface area contributed by atoms with Crippen LogP contribution in [0.5, 0.6) is 0 Å². The SMILES string of the molecule is C/C(C=NNC(=O)c1sc(-c2ccccc2)nc1C)=C\c1ccccc1. The van der Waals surface area contributed by atoms with Crippen LogP contribution in [0.3, 0.4) is 0 Å². The van der Waals surface area contributed by atoms with Crippen molar-refractivity contribution >= 4 is 29.5 Å². The smallest absolute Gasteiger partial charge is 0.266 e. The van der Waals surface area contributed by atoms with E-state index in [1.807, 2.05) is 80.6 Å². The van der Waals surface area contributed by atoms with Crippen molar-refractivity contribution in [2.75, 3.05) is 0 Å². The molecule has 5 heteroatoms. The number of hydrazone groups is 1. The summed E-state index contributed by atoms with van der Waals surface area (Å²) >= 11 is 1.37. The molecule has 0 aliphatic heterocycles. The summed E-state index contributed by atoms with van der Waals surface area (Å²) in [5.41, 5.74) is 6.33. The summed E-state index contributed by atoms with van der Waals surface area (Å²) in [4.78, 5) is 17.4. The number of aryl methyl sites for hydroxylation is 1. The molecule has 0 radical (unpaired) electrons. The zero-order valence-corrected chi connectivity index (χ0v) is 15.5. The predicted octanol–water partition coefficient (Wildman–Crippen LogP) is 4.94. The van der Waals surface area contributed by atoms with Gasteiger partial charge in [0.15, 0.2) is 0 Å². The number of nitrogens with zero attached hydrogens (tertiary/aromatic N) is 2. The molecule has 0 aliphatic rings. The summed E-state index contributed by atoms with van der Waals surface area (Å²) < 4.78 is 0. The molecule has 0 unspecified atom stereocenters. The first kappa shape index (κ1) is 17.8. The van der Waals surface area contributed by atoms with Gasteiger partial charge in [0.25, 0.3) is 5.91 Å². The van der Waals surface area contributed by atoms with Gasteiger partial charge in [-0.2, -0.15) is 5.10 Å². The second-order valence-corrected chi connectivity index (χ2v) is 6.80. The van der Waals surface area contributed by atoms with E-state index in [9.17, 15) is 4.79 Å². The van der Waals surface area contributed by atoms with Crippen molar-refractivity contribution in [2.45, 2.75) is 13.8 Å². The monoisotopic (exact) mass is 361 g/mol. The topological polar surface area (TPSA) is 54.4 Å². The Balaban J connectivity index is 1.67. The quantitative estimate of drug-likeness (QED) is 0.517. The second-order valence-electron chi connectivity index (χ2n) is 5.80. The number of rotatable bonds is 5.